The molecule has 3 rings (SSSR count). The molecule has 1 aliphatic carbocycles. The monoisotopic (exact) mass is 255 g/mol. The minimum atomic E-state index is 0.323. The Balaban J connectivity index is 1.80. The van der Waals surface area contributed by atoms with Gasteiger partial charge in [0.05, 0.1) is 5.52 Å². The van der Waals surface area contributed by atoms with Gasteiger partial charge in [-0.1, -0.05) is 38.1 Å². The lowest BCUT2D eigenvalue weighted by molar-refractivity contribution is 0.406. The molecule has 100 valence electrons. The van der Waals surface area contributed by atoms with Crippen molar-refractivity contribution in [3.63, 3.8) is 0 Å². The highest BCUT2D eigenvalue weighted by molar-refractivity contribution is 5.78. The Morgan fingerprint density at radius 2 is 2.05 bits per heavy atom. The first-order valence-corrected chi connectivity index (χ1v) is 6.91. The number of nitrogens with one attached hydrogen (secondary N) is 1. The molecule has 0 radical (unpaired) electrons. The third-order valence-electron chi connectivity index (χ3n) is 4.37. The van der Waals surface area contributed by atoms with E-state index >= 15 is 0 Å². The first-order valence-electron chi connectivity index (χ1n) is 6.91. The fourth-order valence-electron chi connectivity index (χ4n) is 2.96. The molecule has 3 N–H and O–H groups in total. The number of nitrogens with zero attached hydrogens (tertiary/aromatic N) is 1. The van der Waals surface area contributed by atoms with Crippen molar-refractivity contribution >= 4 is 10.9 Å². The van der Waals surface area contributed by atoms with Crippen molar-refractivity contribution in [1.29, 1.82) is 0 Å². The molecule has 1 heterocycles. The predicted molar refractivity (Wildman–Crippen MR) is 78.4 cm³/mol. The molecule has 1 fully saturated rings. The van der Waals surface area contributed by atoms with Crippen LogP contribution in [0.25, 0.3) is 10.9 Å². The van der Waals surface area contributed by atoms with E-state index in [4.69, 9.17) is 10.8 Å². The number of nitrogens with two attached hydrogens (primary N) is 1. The van der Waals surface area contributed by atoms with Crippen molar-refractivity contribution in [2.75, 3.05) is 0 Å². The fraction of sp³-hybridized carbons (Fsp3) is 0.438. The average Bonchev–Trinajstić information content (AvgIpc) is 3.04. The van der Waals surface area contributed by atoms with Crippen LogP contribution in [0.2, 0.25) is 0 Å². The summed E-state index contributed by atoms with van der Waals surface area (Å²) in [4.78, 5) is 4.73. The normalized spacial score (nSPS) is 22.4. The molecule has 1 aromatic heterocycles. The third kappa shape index (κ3) is 2.48. The maximum absolute atomic E-state index is 5.72. The molecular formula is C16H21N3. The van der Waals surface area contributed by atoms with Crippen molar-refractivity contribution in [2.45, 2.75) is 32.7 Å². The van der Waals surface area contributed by atoms with Crippen LogP contribution in [-0.4, -0.2) is 11.0 Å². The van der Waals surface area contributed by atoms with Crippen LogP contribution in [0.15, 0.2) is 36.4 Å². The number of rotatable bonds is 4. The lowest BCUT2D eigenvalue weighted by Gasteiger charge is -2.17. The van der Waals surface area contributed by atoms with Crippen molar-refractivity contribution in [3.05, 3.63) is 42.1 Å². The zero-order valence-electron chi connectivity index (χ0n) is 11.6. The van der Waals surface area contributed by atoms with Gasteiger partial charge < -0.3 is 0 Å². The Labute approximate surface area is 114 Å². The summed E-state index contributed by atoms with van der Waals surface area (Å²) in [5.74, 6) is 6.38. The molecule has 3 heteroatoms. The molecule has 2 atom stereocenters. The van der Waals surface area contributed by atoms with E-state index in [1.807, 2.05) is 12.1 Å². The molecule has 0 amide bonds. The topological polar surface area (TPSA) is 50.9 Å². The Kier molecular flexibility index (Phi) is 3.03. The van der Waals surface area contributed by atoms with Crippen molar-refractivity contribution in [3.8, 4) is 0 Å². The molecule has 0 saturated heterocycles. The first-order chi connectivity index (χ1) is 9.10. The second-order valence-electron chi connectivity index (χ2n) is 6.27. The van der Waals surface area contributed by atoms with Gasteiger partial charge in [0.25, 0.3) is 0 Å². The zero-order chi connectivity index (χ0) is 13.5. The molecule has 0 bridgehead atoms. The second-order valence-corrected chi connectivity index (χ2v) is 6.27. The van der Waals surface area contributed by atoms with Gasteiger partial charge in [-0.3, -0.25) is 16.3 Å². The molecule has 0 aliphatic heterocycles. The van der Waals surface area contributed by atoms with Gasteiger partial charge in [-0.05, 0) is 29.9 Å². The number of benzene rings is 1. The van der Waals surface area contributed by atoms with Gasteiger partial charge in [0.15, 0.2) is 0 Å². The van der Waals surface area contributed by atoms with Crippen LogP contribution in [0, 0.1) is 11.3 Å². The van der Waals surface area contributed by atoms with Crippen molar-refractivity contribution < 1.29 is 0 Å². The van der Waals surface area contributed by atoms with Gasteiger partial charge in [0.1, 0.15) is 0 Å². The van der Waals surface area contributed by atoms with E-state index in [0.29, 0.717) is 17.4 Å². The summed E-state index contributed by atoms with van der Waals surface area (Å²) in [6, 6.07) is 12.8. The Morgan fingerprint density at radius 3 is 2.74 bits per heavy atom. The highest BCUT2D eigenvalue weighted by Crippen LogP contribution is 2.53. The molecule has 1 saturated carbocycles. The van der Waals surface area contributed by atoms with Gasteiger partial charge >= 0.3 is 0 Å². The molecule has 2 aromatic rings. The van der Waals surface area contributed by atoms with Gasteiger partial charge in [-0.2, -0.15) is 0 Å². The summed E-state index contributed by atoms with van der Waals surface area (Å²) in [6.45, 7) is 4.60. The molecule has 1 aromatic carbocycles. The third-order valence-corrected chi connectivity index (χ3v) is 4.37. The largest absolute Gasteiger partial charge is 0.271 e. The predicted octanol–water partition coefficient (Wildman–Crippen LogP) is 2.66. The number of pyridine rings is 1. The van der Waals surface area contributed by atoms with Gasteiger partial charge in [-0.15, -0.1) is 0 Å². The quantitative estimate of drug-likeness (QED) is 0.652. The number of fused-ring (bicyclic) bond motifs is 1. The standard InChI is InChI=1S/C16H21N3/c1-16(2)10-13(16)15(19-17)9-12-8-7-11-5-3-4-6-14(11)18-12/h3-8,13,15,19H,9-10,17H2,1-2H3. The summed E-state index contributed by atoms with van der Waals surface area (Å²) >= 11 is 0. The summed E-state index contributed by atoms with van der Waals surface area (Å²) < 4.78 is 0. The molecule has 19 heavy (non-hydrogen) atoms. The van der Waals surface area contributed by atoms with E-state index in [2.05, 4.69) is 43.5 Å². The average molecular weight is 255 g/mol. The van der Waals surface area contributed by atoms with Crippen LogP contribution < -0.4 is 11.3 Å². The highest BCUT2D eigenvalue weighted by atomic mass is 15.2. The van der Waals surface area contributed by atoms with Gasteiger partial charge in [-0.25, -0.2) is 0 Å². The number of hydrogen-bond donors (Lipinski definition) is 2. The maximum atomic E-state index is 5.72. The summed E-state index contributed by atoms with van der Waals surface area (Å²) in [7, 11) is 0. The minimum Gasteiger partial charge on any atom is -0.271 e. The lowest BCUT2D eigenvalue weighted by atomic mass is 10.00. The van der Waals surface area contributed by atoms with Crippen LogP contribution in [-0.2, 0) is 6.42 Å². The van der Waals surface area contributed by atoms with Crippen LogP contribution in [0.4, 0.5) is 0 Å². The molecule has 3 nitrogen and oxygen atoms in total. The Hall–Kier alpha value is -1.45. The van der Waals surface area contributed by atoms with E-state index in [9.17, 15) is 0 Å². The van der Waals surface area contributed by atoms with E-state index < -0.39 is 0 Å². The van der Waals surface area contributed by atoms with E-state index in [1.54, 1.807) is 0 Å². The summed E-state index contributed by atoms with van der Waals surface area (Å²) in [5.41, 5.74) is 5.58. The fourth-order valence-corrected chi connectivity index (χ4v) is 2.96. The molecule has 0 spiro atoms. The van der Waals surface area contributed by atoms with Crippen LogP contribution >= 0.6 is 0 Å². The van der Waals surface area contributed by atoms with Crippen LogP contribution in [0.5, 0.6) is 0 Å². The maximum Gasteiger partial charge on any atom is 0.0705 e. The number of hydrogen-bond acceptors (Lipinski definition) is 3. The summed E-state index contributed by atoms with van der Waals surface area (Å²) in [5, 5.41) is 1.19. The van der Waals surface area contributed by atoms with E-state index in [-0.39, 0.29) is 0 Å². The van der Waals surface area contributed by atoms with E-state index in [0.717, 1.165) is 17.6 Å². The Bertz CT molecular complexity index is 591. The second kappa shape index (κ2) is 4.58. The first kappa shape index (κ1) is 12.6. The van der Waals surface area contributed by atoms with E-state index in [1.165, 1.54) is 11.8 Å². The molecule has 2 unspecified atom stereocenters. The van der Waals surface area contributed by atoms with Gasteiger partial charge in [0.2, 0.25) is 0 Å². The smallest absolute Gasteiger partial charge is 0.0705 e. The lowest BCUT2D eigenvalue weighted by Crippen LogP contribution is -2.39. The van der Waals surface area contributed by atoms with Crippen LogP contribution in [0.1, 0.15) is 26.0 Å². The minimum absolute atomic E-state index is 0.323. The number of para-hydroxylation sites is 1. The molecule has 1 aliphatic rings. The number of aromatic nitrogens is 1. The number of hydrazine groups is 1. The SMILES string of the molecule is CC1(C)CC1C(Cc1ccc2ccccc2n1)NN. The highest BCUT2D eigenvalue weighted by Gasteiger charge is 2.49. The Morgan fingerprint density at radius 1 is 1.32 bits per heavy atom. The van der Waals surface area contributed by atoms with Crippen molar-refractivity contribution in [1.82, 2.24) is 10.4 Å². The van der Waals surface area contributed by atoms with Crippen LogP contribution in [0.3, 0.4) is 0 Å². The van der Waals surface area contributed by atoms with Crippen molar-refractivity contribution in [2.24, 2.45) is 17.2 Å². The van der Waals surface area contributed by atoms with Gasteiger partial charge in [0, 0.05) is 23.5 Å². The zero-order valence-corrected chi connectivity index (χ0v) is 11.6. The molecular weight excluding hydrogens is 234 g/mol. The summed E-state index contributed by atoms with van der Waals surface area (Å²) in [6.07, 6.45) is 2.14.